The zero-order chi connectivity index (χ0) is 14.7. The van der Waals surface area contributed by atoms with Gasteiger partial charge in [-0.2, -0.15) is 5.10 Å². The summed E-state index contributed by atoms with van der Waals surface area (Å²) in [5, 5.41) is 22.4. The van der Waals surface area contributed by atoms with Gasteiger partial charge >= 0.3 is 0 Å². The van der Waals surface area contributed by atoms with E-state index in [1.807, 2.05) is 49.4 Å². The van der Waals surface area contributed by atoms with Gasteiger partial charge in [-0.1, -0.05) is 30.3 Å². The predicted octanol–water partition coefficient (Wildman–Crippen LogP) is 3.03. The molecule has 1 fully saturated rings. The maximum atomic E-state index is 10.8. The summed E-state index contributed by atoms with van der Waals surface area (Å²) < 4.78 is 0. The van der Waals surface area contributed by atoms with Gasteiger partial charge in [-0.3, -0.25) is 0 Å². The molecule has 0 bridgehead atoms. The highest BCUT2D eigenvalue weighted by Crippen LogP contribution is 2.37. The normalized spacial score (nSPS) is 25.5. The van der Waals surface area contributed by atoms with Gasteiger partial charge in [0.15, 0.2) is 0 Å². The Labute approximate surface area is 125 Å². The predicted molar refractivity (Wildman–Crippen MR) is 83.0 cm³/mol. The number of hydrogen-bond acceptors (Lipinski definition) is 4. The van der Waals surface area contributed by atoms with Gasteiger partial charge in [0.1, 0.15) is 5.82 Å². The minimum absolute atomic E-state index is 0.353. The highest BCUT2D eigenvalue weighted by atomic mass is 16.3. The maximum absolute atomic E-state index is 10.8. The molecule has 1 heterocycles. The first-order valence-electron chi connectivity index (χ1n) is 7.50. The molecule has 3 rings (SSSR count). The van der Waals surface area contributed by atoms with E-state index in [1.54, 1.807) is 0 Å². The molecule has 0 unspecified atom stereocenters. The number of benzene rings is 1. The third kappa shape index (κ3) is 3.22. The van der Waals surface area contributed by atoms with Crippen LogP contribution < -0.4 is 5.32 Å². The number of aryl methyl sites for hydroxylation is 1. The summed E-state index contributed by atoms with van der Waals surface area (Å²) in [4.78, 5) is 0. The van der Waals surface area contributed by atoms with Crippen molar-refractivity contribution in [3.63, 3.8) is 0 Å². The SMILES string of the molecule is Cc1ccc(NC2CCC(O)(c3ccccc3)CC2)nn1. The van der Waals surface area contributed by atoms with Gasteiger partial charge in [0, 0.05) is 6.04 Å². The summed E-state index contributed by atoms with van der Waals surface area (Å²) in [6.07, 6.45) is 3.41. The summed E-state index contributed by atoms with van der Waals surface area (Å²) in [5.74, 6) is 0.816. The zero-order valence-electron chi connectivity index (χ0n) is 12.3. The molecule has 0 amide bonds. The Morgan fingerprint density at radius 2 is 1.76 bits per heavy atom. The molecule has 0 atom stereocenters. The van der Waals surface area contributed by atoms with Gasteiger partial charge in [-0.15, -0.1) is 5.10 Å². The lowest BCUT2D eigenvalue weighted by Gasteiger charge is -2.36. The highest BCUT2D eigenvalue weighted by Gasteiger charge is 2.34. The van der Waals surface area contributed by atoms with E-state index in [0.717, 1.165) is 42.8 Å². The van der Waals surface area contributed by atoms with Crippen LogP contribution in [-0.2, 0) is 5.60 Å². The van der Waals surface area contributed by atoms with Crippen LogP contribution in [0.4, 0.5) is 5.82 Å². The summed E-state index contributed by atoms with van der Waals surface area (Å²) >= 11 is 0. The monoisotopic (exact) mass is 283 g/mol. The first-order valence-corrected chi connectivity index (χ1v) is 7.50. The van der Waals surface area contributed by atoms with E-state index in [9.17, 15) is 5.11 Å². The van der Waals surface area contributed by atoms with E-state index >= 15 is 0 Å². The lowest BCUT2D eigenvalue weighted by atomic mass is 9.78. The number of aromatic nitrogens is 2. The van der Waals surface area contributed by atoms with Crippen LogP contribution in [0.2, 0.25) is 0 Å². The van der Waals surface area contributed by atoms with Crippen LogP contribution in [0, 0.1) is 6.92 Å². The Morgan fingerprint density at radius 1 is 1.05 bits per heavy atom. The van der Waals surface area contributed by atoms with E-state index in [1.165, 1.54) is 0 Å². The number of aliphatic hydroxyl groups is 1. The quantitative estimate of drug-likeness (QED) is 0.909. The fourth-order valence-corrected chi connectivity index (χ4v) is 2.96. The molecule has 1 aliphatic carbocycles. The molecular weight excluding hydrogens is 262 g/mol. The average Bonchev–Trinajstić information content (AvgIpc) is 2.53. The first kappa shape index (κ1) is 14.0. The topological polar surface area (TPSA) is 58.0 Å². The maximum Gasteiger partial charge on any atom is 0.148 e. The highest BCUT2D eigenvalue weighted by molar-refractivity contribution is 5.34. The number of nitrogens with zero attached hydrogens (tertiary/aromatic N) is 2. The van der Waals surface area contributed by atoms with Crippen LogP contribution in [0.25, 0.3) is 0 Å². The molecule has 1 saturated carbocycles. The molecule has 1 aromatic carbocycles. The second-order valence-electron chi connectivity index (χ2n) is 5.88. The van der Waals surface area contributed by atoms with Crippen LogP contribution in [0.5, 0.6) is 0 Å². The van der Waals surface area contributed by atoms with Gasteiger partial charge in [0.25, 0.3) is 0 Å². The molecule has 2 aromatic rings. The van der Waals surface area contributed by atoms with Gasteiger partial charge < -0.3 is 10.4 Å². The average molecular weight is 283 g/mol. The van der Waals surface area contributed by atoms with Gasteiger partial charge in [-0.05, 0) is 50.3 Å². The first-order chi connectivity index (χ1) is 10.2. The van der Waals surface area contributed by atoms with E-state index in [4.69, 9.17) is 0 Å². The molecule has 110 valence electrons. The third-order valence-corrected chi connectivity index (χ3v) is 4.27. The van der Waals surface area contributed by atoms with Crippen molar-refractivity contribution in [2.24, 2.45) is 0 Å². The van der Waals surface area contributed by atoms with Crippen molar-refractivity contribution >= 4 is 5.82 Å². The van der Waals surface area contributed by atoms with Gasteiger partial charge in [-0.25, -0.2) is 0 Å². The molecule has 0 aliphatic heterocycles. The Kier molecular flexibility index (Phi) is 3.88. The Balaban J connectivity index is 1.61. The van der Waals surface area contributed by atoms with Gasteiger partial charge in [0.2, 0.25) is 0 Å². The van der Waals surface area contributed by atoms with Crippen molar-refractivity contribution in [1.29, 1.82) is 0 Å². The van der Waals surface area contributed by atoms with Crippen LogP contribution >= 0.6 is 0 Å². The molecule has 2 N–H and O–H groups in total. The molecule has 4 heteroatoms. The zero-order valence-corrected chi connectivity index (χ0v) is 12.3. The van der Waals surface area contributed by atoms with Crippen LogP contribution in [-0.4, -0.2) is 21.3 Å². The second-order valence-corrected chi connectivity index (χ2v) is 5.88. The minimum atomic E-state index is -0.682. The molecule has 4 nitrogen and oxygen atoms in total. The van der Waals surface area contributed by atoms with Crippen molar-refractivity contribution in [2.45, 2.75) is 44.2 Å². The molecule has 1 aliphatic rings. The van der Waals surface area contributed by atoms with Crippen molar-refractivity contribution in [1.82, 2.24) is 10.2 Å². The molecule has 0 radical (unpaired) electrons. The number of nitrogens with one attached hydrogen (secondary N) is 1. The number of hydrogen-bond donors (Lipinski definition) is 2. The third-order valence-electron chi connectivity index (χ3n) is 4.27. The Bertz CT molecular complexity index is 575. The number of rotatable bonds is 3. The fraction of sp³-hybridized carbons (Fsp3) is 0.412. The van der Waals surface area contributed by atoms with E-state index in [2.05, 4.69) is 15.5 Å². The lowest BCUT2D eigenvalue weighted by Crippen LogP contribution is -2.36. The summed E-state index contributed by atoms with van der Waals surface area (Å²) in [7, 11) is 0. The molecule has 0 saturated heterocycles. The van der Waals surface area contributed by atoms with E-state index in [-0.39, 0.29) is 0 Å². The number of anilines is 1. The summed E-state index contributed by atoms with van der Waals surface area (Å²) in [6, 6.07) is 14.2. The molecule has 1 aromatic heterocycles. The summed E-state index contributed by atoms with van der Waals surface area (Å²) in [5.41, 5.74) is 1.26. The second kappa shape index (κ2) is 5.82. The Hall–Kier alpha value is -1.94. The lowest BCUT2D eigenvalue weighted by molar-refractivity contribution is -0.00334. The van der Waals surface area contributed by atoms with Crippen LogP contribution in [0.15, 0.2) is 42.5 Å². The standard InChI is InChI=1S/C17H21N3O/c1-13-7-8-16(20-19-13)18-15-9-11-17(21,12-10-15)14-5-3-2-4-6-14/h2-8,15,21H,9-12H2,1H3,(H,18,20). The molecule has 21 heavy (non-hydrogen) atoms. The van der Waals surface area contributed by atoms with Crippen molar-refractivity contribution in [3.8, 4) is 0 Å². The molecular formula is C17H21N3O. The largest absolute Gasteiger partial charge is 0.385 e. The molecule has 0 spiro atoms. The van der Waals surface area contributed by atoms with Crippen molar-refractivity contribution < 1.29 is 5.11 Å². The van der Waals surface area contributed by atoms with Gasteiger partial charge in [0.05, 0.1) is 11.3 Å². The van der Waals surface area contributed by atoms with E-state index in [0.29, 0.717) is 6.04 Å². The smallest absolute Gasteiger partial charge is 0.148 e. The van der Waals surface area contributed by atoms with Crippen LogP contribution in [0.3, 0.4) is 0 Å². The fourth-order valence-electron chi connectivity index (χ4n) is 2.96. The Morgan fingerprint density at radius 3 is 2.38 bits per heavy atom. The van der Waals surface area contributed by atoms with E-state index < -0.39 is 5.60 Å². The van der Waals surface area contributed by atoms with Crippen LogP contribution in [0.1, 0.15) is 36.9 Å². The van der Waals surface area contributed by atoms with Crippen molar-refractivity contribution in [2.75, 3.05) is 5.32 Å². The minimum Gasteiger partial charge on any atom is -0.385 e. The summed E-state index contributed by atoms with van der Waals surface area (Å²) in [6.45, 7) is 1.93. The van der Waals surface area contributed by atoms with Crippen molar-refractivity contribution in [3.05, 3.63) is 53.7 Å².